The number of carbonyl (C=O) groups is 1. The van der Waals surface area contributed by atoms with Gasteiger partial charge in [-0.1, -0.05) is 13.8 Å². The first-order chi connectivity index (χ1) is 7.56. The summed E-state index contributed by atoms with van der Waals surface area (Å²) in [4.78, 5) is 11.8. The predicted molar refractivity (Wildman–Crippen MR) is 65.1 cm³/mol. The second kappa shape index (κ2) is 6.36. The molecule has 3 atom stereocenters. The third kappa shape index (κ3) is 3.56. The Bertz CT molecular complexity index is 228. The van der Waals surface area contributed by atoms with Crippen molar-refractivity contribution in [3.8, 4) is 0 Å². The lowest BCUT2D eigenvalue weighted by molar-refractivity contribution is -0.126. The van der Waals surface area contributed by atoms with Gasteiger partial charge in [0.15, 0.2) is 0 Å². The first kappa shape index (κ1) is 13.7. The van der Waals surface area contributed by atoms with Crippen LogP contribution in [0.2, 0.25) is 0 Å². The molecule has 1 aliphatic rings. The van der Waals surface area contributed by atoms with Crippen molar-refractivity contribution in [3.63, 3.8) is 0 Å². The number of carbonyl (C=O) groups excluding carboxylic acids is 1. The minimum absolute atomic E-state index is 0.0194. The fourth-order valence-corrected chi connectivity index (χ4v) is 2.56. The monoisotopic (exact) mass is 227 g/mol. The number of ketones is 1. The maximum Gasteiger partial charge on any atom is 0.137 e. The zero-order valence-corrected chi connectivity index (χ0v) is 10.7. The largest absolute Gasteiger partial charge is 0.385 e. The molecule has 1 fully saturated rings. The van der Waals surface area contributed by atoms with E-state index in [1.165, 1.54) is 0 Å². The Morgan fingerprint density at radius 2 is 2.19 bits per heavy atom. The molecule has 16 heavy (non-hydrogen) atoms. The molecule has 0 heterocycles. The lowest BCUT2D eigenvalue weighted by atomic mass is 9.72. The van der Waals surface area contributed by atoms with Crippen LogP contribution in [0.15, 0.2) is 0 Å². The number of Topliss-reactive ketones (excluding diaryl/α,β-unsaturated/α-hetero) is 1. The average molecular weight is 227 g/mol. The van der Waals surface area contributed by atoms with Gasteiger partial charge in [-0.25, -0.2) is 0 Å². The number of nitrogens with two attached hydrogens (primary N) is 1. The normalized spacial score (nSPS) is 28.4. The standard InChI is InChI=1S/C13H25NO2/c1-9(2)10-4-5-13(15)11(8-10)12(14)6-7-16-3/h9-12H,4-8,14H2,1-3H3. The SMILES string of the molecule is COCCC(N)C1CC(C(C)C)CCC1=O. The lowest BCUT2D eigenvalue weighted by Gasteiger charge is -2.33. The zero-order chi connectivity index (χ0) is 12.1. The fraction of sp³-hybridized carbons (Fsp3) is 0.923. The average Bonchev–Trinajstić information content (AvgIpc) is 2.26. The smallest absolute Gasteiger partial charge is 0.137 e. The van der Waals surface area contributed by atoms with Gasteiger partial charge in [-0.05, 0) is 31.1 Å². The number of hydrogen-bond acceptors (Lipinski definition) is 3. The Balaban J connectivity index is 2.51. The molecule has 0 aromatic heterocycles. The van der Waals surface area contributed by atoms with Crippen molar-refractivity contribution in [1.29, 1.82) is 0 Å². The lowest BCUT2D eigenvalue weighted by Crippen LogP contribution is -2.41. The van der Waals surface area contributed by atoms with Crippen LogP contribution in [-0.4, -0.2) is 25.5 Å². The first-order valence-electron chi connectivity index (χ1n) is 6.33. The van der Waals surface area contributed by atoms with E-state index in [0.29, 0.717) is 30.6 Å². The topological polar surface area (TPSA) is 52.3 Å². The van der Waals surface area contributed by atoms with Crippen LogP contribution in [0.5, 0.6) is 0 Å². The van der Waals surface area contributed by atoms with E-state index >= 15 is 0 Å². The van der Waals surface area contributed by atoms with Crippen molar-refractivity contribution < 1.29 is 9.53 Å². The van der Waals surface area contributed by atoms with Gasteiger partial charge in [0.1, 0.15) is 5.78 Å². The second-order valence-corrected chi connectivity index (χ2v) is 5.30. The molecule has 94 valence electrons. The summed E-state index contributed by atoms with van der Waals surface area (Å²) < 4.78 is 5.02. The van der Waals surface area contributed by atoms with Gasteiger partial charge in [0.05, 0.1) is 0 Å². The molecule has 0 aromatic carbocycles. The molecule has 0 radical (unpaired) electrons. The molecule has 3 unspecified atom stereocenters. The van der Waals surface area contributed by atoms with E-state index in [1.54, 1.807) is 7.11 Å². The van der Waals surface area contributed by atoms with Crippen molar-refractivity contribution >= 4 is 5.78 Å². The molecule has 2 N–H and O–H groups in total. The number of methoxy groups -OCH3 is 1. The molecule has 3 heteroatoms. The Kier molecular flexibility index (Phi) is 5.42. The second-order valence-electron chi connectivity index (χ2n) is 5.30. The van der Waals surface area contributed by atoms with E-state index in [2.05, 4.69) is 13.8 Å². The highest BCUT2D eigenvalue weighted by atomic mass is 16.5. The third-order valence-corrected chi connectivity index (χ3v) is 3.85. The van der Waals surface area contributed by atoms with Gasteiger partial charge in [0.25, 0.3) is 0 Å². The van der Waals surface area contributed by atoms with E-state index in [0.717, 1.165) is 19.3 Å². The molecule has 0 amide bonds. The molecule has 1 aliphatic carbocycles. The minimum atomic E-state index is -0.0194. The number of rotatable bonds is 5. The number of hydrogen-bond donors (Lipinski definition) is 1. The summed E-state index contributed by atoms with van der Waals surface area (Å²) in [6.45, 7) is 5.12. The Morgan fingerprint density at radius 1 is 1.50 bits per heavy atom. The summed E-state index contributed by atoms with van der Waals surface area (Å²) >= 11 is 0. The van der Waals surface area contributed by atoms with Crippen LogP contribution in [0.1, 0.15) is 39.5 Å². The van der Waals surface area contributed by atoms with Crippen LogP contribution in [-0.2, 0) is 9.53 Å². The summed E-state index contributed by atoms with van der Waals surface area (Å²) in [5.74, 6) is 1.75. The summed E-state index contributed by atoms with van der Waals surface area (Å²) in [6.07, 6.45) is 3.53. The quantitative estimate of drug-likeness (QED) is 0.781. The summed E-state index contributed by atoms with van der Waals surface area (Å²) in [6, 6.07) is -0.0194. The van der Waals surface area contributed by atoms with Crippen LogP contribution < -0.4 is 5.73 Å². The highest BCUT2D eigenvalue weighted by Crippen LogP contribution is 2.33. The van der Waals surface area contributed by atoms with Crippen molar-refractivity contribution in [2.75, 3.05) is 13.7 Å². The van der Waals surface area contributed by atoms with Crippen LogP contribution in [0, 0.1) is 17.8 Å². The Morgan fingerprint density at radius 3 is 2.75 bits per heavy atom. The van der Waals surface area contributed by atoms with Crippen LogP contribution >= 0.6 is 0 Å². The summed E-state index contributed by atoms with van der Waals surface area (Å²) in [5, 5.41) is 0. The van der Waals surface area contributed by atoms with Crippen LogP contribution in [0.4, 0.5) is 0 Å². The Labute approximate surface area is 98.7 Å². The van der Waals surface area contributed by atoms with Gasteiger partial charge in [-0.15, -0.1) is 0 Å². The summed E-state index contributed by atoms with van der Waals surface area (Å²) in [7, 11) is 1.67. The molecular formula is C13H25NO2. The van der Waals surface area contributed by atoms with Gasteiger partial charge in [0.2, 0.25) is 0 Å². The molecule has 0 bridgehead atoms. The van der Waals surface area contributed by atoms with Gasteiger partial charge in [-0.3, -0.25) is 4.79 Å². The third-order valence-electron chi connectivity index (χ3n) is 3.85. The van der Waals surface area contributed by atoms with Gasteiger partial charge in [-0.2, -0.15) is 0 Å². The molecule has 1 saturated carbocycles. The maximum atomic E-state index is 11.8. The number of ether oxygens (including phenoxy) is 1. The van der Waals surface area contributed by atoms with E-state index < -0.39 is 0 Å². The highest BCUT2D eigenvalue weighted by molar-refractivity contribution is 5.82. The molecule has 0 aliphatic heterocycles. The van der Waals surface area contributed by atoms with Crippen molar-refractivity contribution in [1.82, 2.24) is 0 Å². The molecule has 1 rings (SSSR count). The molecule has 0 spiro atoms. The Hall–Kier alpha value is -0.410. The van der Waals surface area contributed by atoms with Crippen LogP contribution in [0.3, 0.4) is 0 Å². The molecule has 0 saturated heterocycles. The van der Waals surface area contributed by atoms with E-state index in [-0.39, 0.29) is 12.0 Å². The van der Waals surface area contributed by atoms with E-state index in [4.69, 9.17) is 10.5 Å². The van der Waals surface area contributed by atoms with Gasteiger partial charge in [0, 0.05) is 32.1 Å². The van der Waals surface area contributed by atoms with E-state index in [9.17, 15) is 4.79 Å². The van der Waals surface area contributed by atoms with Crippen molar-refractivity contribution in [3.05, 3.63) is 0 Å². The summed E-state index contributed by atoms with van der Waals surface area (Å²) in [5.41, 5.74) is 6.09. The maximum absolute atomic E-state index is 11.8. The predicted octanol–water partition coefficient (Wildman–Crippen LogP) is 1.99. The first-order valence-corrected chi connectivity index (χ1v) is 6.33. The van der Waals surface area contributed by atoms with E-state index in [1.807, 2.05) is 0 Å². The van der Waals surface area contributed by atoms with Crippen LogP contribution in [0.25, 0.3) is 0 Å². The van der Waals surface area contributed by atoms with Gasteiger partial charge < -0.3 is 10.5 Å². The van der Waals surface area contributed by atoms with Gasteiger partial charge >= 0.3 is 0 Å². The molecule has 0 aromatic rings. The molecule has 3 nitrogen and oxygen atoms in total. The molecular weight excluding hydrogens is 202 g/mol. The highest BCUT2D eigenvalue weighted by Gasteiger charge is 2.33. The van der Waals surface area contributed by atoms with Crippen molar-refractivity contribution in [2.45, 2.75) is 45.6 Å². The van der Waals surface area contributed by atoms with Crippen molar-refractivity contribution in [2.24, 2.45) is 23.5 Å². The minimum Gasteiger partial charge on any atom is -0.385 e. The zero-order valence-electron chi connectivity index (χ0n) is 10.7. The fourth-order valence-electron chi connectivity index (χ4n) is 2.56.